The fourth-order valence-corrected chi connectivity index (χ4v) is 8.35. The molecule has 46 heavy (non-hydrogen) atoms. The number of carbonyl (C=O) groups is 4. The third kappa shape index (κ3) is 4.47. The summed E-state index contributed by atoms with van der Waals surface area (Å²) in [4.78, 5) is 52.5. The van der Waals surface area contributed by atoms with E-state index in [9.17, 15) is 39.6 Å². The molecule has 0 radical (unpaired) electrons. The normalized spacial score (nSPS) is 27.2. The van der Waals surface area contributed by atoms with Crippen LogP contribution in [0.25, 0.3) is 5.76 Å². The number of allylic oxidation sites excluding steroid dienone is 1. The van der Waals surface area contributed by atoms with Crippen molar-refractivity contribution >= 4 is 28.9 Å². The third-order valence-corrected chi connectivity index (χ3v) is 10.3. The van der Waals surface area contributed by atoms with Crippen LogP contribution in [0.5, 0.6) is 5.75 Å². The lowest BCUT2D eigenvalue weighted by Gasteiger charge is -2.59. The fraction of sp³-hybridized carbons (Fsp3) is 0.421. The zero-order valence-electron chi connectivity index (χ0n) is 27.5. The Balaban J connectivity index is 1.76. The molecule has 0 aromatic heterocycles. The highest BCUT2D eigenvalue weighted by Gasteiger charge is 2.72. The third-order valence-electron chi connectivity index (χ3n) is 10.3. The minimum Gasteiger partial charge on any atom is -0.508 e. The Labute approximate surface area is 268 Å². The number of hydrogen-bond donors (Lipinski definition) is 4. The van der Waals surface area contributed by atoms with Crippen molar-refractivity contribution in [3.05, 3.63) is 80.6 Å². The molecule has 4 N–H and O–H groups in total. The van der Waals surface area contributed by atoms with Gasteiger partial charge >= 0.3 is 0 Å². The molecule has 240 valence electrons. The highest BCUT2D eigenvalue weighted by atomic mass is 16.3. The van der Waals surface area contributed by atoms with Gasteiger partial charge < -0.3 is 20.4 Å². The first-order valence-electron chi connectivity index (χ1n) is 15.5. The van der Waals surface area contributed by atoms with Crippen LogP contribution < -0.4 is 0 Å². The Kier molecular flexibility index (Phi) is 7.73. The van der Waals surface area contributed by atoms with Gasteiger partial charge in [0.2, 0.25) is 5.78 Å². The second-order valence-corrected chi connectivity index (χ2v) is 14.2. The van der Waals surface area contributed by atoms with Gasteiger partial charge in [0.15, 0.2) is 23.0 Å². The van der Waals surface area contributed by atoms with Gasteiger partial charge in [-0.05, 0) is 67.9 Å². The predicted molar refractivity (Wildman–Crippen MR) is 172 cm³/mol. The van der Waals surface area contributed by atoms with Gasteiger partial charge in [0.25, 0.3) is 0 Å². The number of carbonyl (C=O) groups excluding carboxylic acids is 4. The van der Waals surface area contributed by atoms with E-state index in [-0.39, 0.29) is 47.0 Å². The van der Waals surface area contributed by atoms with Gasteiger partial charge in [-0.1, -0.05) is 65.5 Å². The molecule has 3 aliphatic rings. The first-order chi connectivity index (χ1) is 21.3. The van der Waals surface area contributed by atoms with E-state index >= 15 is 0 Å². The molecule has 8 heteroatoms. The van der Waals surface area contributed by atoms with Gasteiger partial charge in [-0.3, -0.25) is 19.2 Å². The van der Waals surface area contributed by atoms with E-state index in [2.05, 4.69) is 11.8 Å². The summed E-state index contributed by atoms with van der Waals surface area (Å²) in [6.07, 6.45) is 0.227. The van der Waals surface area contributed by atoms with Gasteiger partial charge in [0, 0.05) is 33.4 Å². The van der Waals surface area contributed by atoms with E-state index in [4.69, 9.17) is 0 Å². The number of fused-ring (bicyclic) bond motifs is 3. The zero-order valence-corrected chi connectivity index (χ0v) is 27.5. The number of hydrogen-bond acceptors (Lipinski definition) is 8. The average molecular weight is 625 g/mol. The maximum atomic E-state index is 14.6. The Hall–Kier alpha value is -4.48. The zero-order chi connectivity index (χ0) is 34.3. The molecular formula is C38H40O8. The van der Waals surface area contributed by atoms with Crippen molar-refractivity contribution in [2.45, 2.75) is 79.8 Å². The summed E-state index contributed by atoms with van der Waals surface area (Å²) in [7, 11) is 0. The van der Waals surface area contributed by atoms with Crippen LogP contribution in [-0.2, 0) is 20.8 Å². The van der Waals surface area contributed by atoms with Crippen molar-refractivity contribution < 1.29 is 39.6 Å². The van der Waals surface area contributed by atoms with E-state index < -0.39 is 62.7 Å². The van der Waals surface area contributed by atoms with E-state index in [0.29, 0.717) is 16.7 Å². The van der Waals surface area contributed by atoms with Crippen LogP contribution >= 0.6 is 0 Å². The minimum atomic E-state index is -2.67. The smallest absolute Gasteiger partial charge is 0.203 e. The number of benzene rings is 2. The summed E-state index contributed by atoms with van der Waals surface area (Å²) in [5, 5.41) is 47.1. The number of rotatable bonds is 4. The molecular weight excluding hydrogens is 584 g/mol. The lowest BCUT2D eigenvalue weighted by atomic mass is 9.43. The van der Waals surface area contributed by atoms with Gasteiger partial charge in [0.1, 0.15) is 22.8 Å². The van der Waals surface area contributed by atoms with Gasteiger partial charge in [0.05, 0.1) is 11.1 Å². The maximum absolute atomic E-state index is 14.6. The number of Topliss-reactive ketones (excluding diaryl/α,β-unsaturated/α-hetero) is 4. The van der Waals surface area contributed by atoms with E-state index in [1.807, 2.05) is 13.8 Å². The minimum absolute atomic E-state index is 0.0259. The number of aromatic hydroxyl groups is 1. The Bertz CT molecular complexity index is 1860. The topological polar surface area (TPSA) is 149 Å². The molecule has 0 spiro atoms. The molecule has 1 saturated carbocycles. The molecule has 1 fully saturated rings. The number of aliphatic hydroxyl groups excluding tert-OH is 2. The number of phenols is 1. The van der Waals surface area contributed by atoms with Gasteiger partial charge in [-0.2, -0.15) is 0 Å². The van der Waals surface area contributed by atoms with Crippen molar-refractivity contribution in [2.75, 3.05) is 0 Å². The van der Waals surface area contributed by atoms with Crippen molar-refractivity contribution in [3.8, 4) is 17.6 Å². The first kappa shape index (κ1) is 32.9. The molecule has 0 saturated heterocycles. The number of aliphatic hydroxyl groups is 3. The SMILES string of the molecule is CC(=O)C1=C(O)[C@]2(O)C(=O)C3=C(O)c4c(O)c(C#Cc5ccc(C(C)=O)cc5)cc(C(C)C)c4C[C@]3(C)C[C@]2(C)C(C(C)C)C1=O. The Morgan fingerprint density at radius 3 is 2.07 bits per heavy atom. The Morgan fingerprint density at radius 2 is 1.54 bits per heavy atom. The quantitative estimate of drug-likeness (QED) is 0.186. The summed E-state index contributed by atoms with van der Waals surface area (Å²) >= 11 is 0. The number of ketones is 4. The fourth-order valence-electron chi connectivity index (χ4n) is 8.35. The molecule has 0 aliphatic heterocycles. The first-order valence-corrected chi connectivity index (χ1v) is 15.5. The largest absolute Gasteiger partial charge is 0.508 e. The molecule has 0 amide bonds. The summed E-state index contributed by atoms with van der Waals surface area (Å²) < 4.78 is 0. The second-order valence-electron chi connectivity index (χ2n) is 14.2. The molecule has 8 nitrogen and oxygen atoms in total. The van der Waals surface area contributed by atoms with Crippen LogP contribution in [0.15, 0.2) is 47.2 Å². The van der Waals surface area contributed by atoms with Crippen molar-refractivity contribution in [1.29, 1.82) is 0 Å². The monoisotopic (exact) mass is 624 g/mol. The molecule has 0 bridgehead atoms. The molecule has 3 aliphatic carbocycles. The van der Waals surface area contributed by atoms with E-state index in [1.165, 1.54) is 6.92 Å². The summed E-state index contributed by atoms with van der Waals surface area (Å²) in [6.45, 7) is 13.4. The summed E-state index contributed by atoms with van der Waals surface area (Å²) in [5.74, 6) is 0.185. The van der Waals surface area contributed by atoms with Crippen LogP contribution in [-0.4, -0.2) is 49.2 Å². The van der Waals surface area contributed by atoms with Crippen LogP contribution in [0.1, 0.15) is 106 Å². The Morgan fingerprint density at radius 1 is 0.935 bits per heavy atom. The molecule has 0 heterocycles. The van der Waals surface area contributed by atoms with Gasteiger partial charge in [-0.15, -0.1) is 0 Å². The average Bonchev–Trinajstić information content (AvgIpc) is 2.94. The lowest BCUT2D eigenvalue weighted by molar-refractivity contribution is -0.178. The lowest BCUT2D eigenvalue weighted by Crippen LogP contribution is -2.69. The van der Waals surface area contributed by atoms with Gasteiger partial charge in [-0.25, -0.2) is 0 Å². The molecule has 5 rings (SSSR count). The maximum Gasteiger partial charge on any atom is 0.203 e. The number of phenolic OH excluding ortho intramolecular Hbond substituents is 1. The van der Waals surface area contributed by atoms with Crippen molar-refractivity contribution in [1.82, 2.24) is 0 Å². The predicted octanol–water partition coefficient (Wildman–Crippen LogP) is 5.92. The standard InChI is InChI=1S/C38H40O8/c1-18(2)25-15-24(14-11-22-9-12-23(13-10-22)20(5)39)31(41)28-26(25)16-36(7)17-37(8)29(19(3)4)32(42)27(21(6)40)34(44)38(37,46)35(45)30(36)33(28)43/h9-10,12-13,15,18-19,29,41,43-44,46H,16-17H2,1-8H3/t29?,36-,37-,38+/m1/s1. The summed E-state index contributed by atoms with van der Waals surface area (Å²) in [6, 6.07) is 8.48. The molecule has 4 atom stereocenters. The highest BCUT2D eigenvalue weighted by Crippen LogP contribution is 2.65. The molecule has 2 aromatic rings. The van der Waals surface area contributed by atoms with Crippen LogP contribution in [0, 0.1) is 34.5 Å². The van der Waals surface area contributed by atoms with Crippen molar-refractivity contribution in [3.63, 3.8) is 0 Å². The molecule has 1 unspecified atom stereocenters. The van der Waals surface area contributed by atoms with E-state index in [1.54, 1.807) is 58.0 Å². The van der Waals surface area contributed by atoms with E-state index in [0.717, 1.165) is 12.5 Å². The summed E-state index contributed by atoms with van der Waals surface area (Å²) in [5.41, 5.74) is -3.26. The molecule has 2 aromatic carbocycles. The second kappa shape index (κ2) is 10.8. The highest BCUT2D eigenvalue weighted by molar-refractivity contribution is 6.24. The van der Waals surface area contributed by atoms with Crippen LogP contribution in [0.2, 0.25) is 0 Å². The van der Waals surface area contributed by atoms with Crippen molar-refractivity contribution in [2.24, 2.45) is 22.7 Å². The van der Waals surface area contributed by atoms with Crippen LogP contribution in [0.3, 0.4) is 0 Å². The van der Waals surface area contributed by atoms with Crippen LogP contribution in [0.4, 0.5) is 0 Å².